The van der Waals surface area contributed by atoms with E-state index in [9.17, 15) is 4.79 Å². The molecule has 2 rings (SSSR count). The maximum Gasteiger partial charge on any atom is 0.349 e. The van der Waals surface area contributed by atoms with Crippen LogP contribution < -0.4 is 5.32 Å². The third-order valence-electron chi connectivity index (χ3n) is 2.46. The topological polar surface area (TPSA) is 51.2 Å². The van der Waals surface area contributed by atoms with Gasteiger partial charge in [-0.15, -0.1) is 0 Å². The van der Waals surface area contributed by atoms with Crippen molar-refractivity contribution in [3.63, 3.8) is 0 Å². The van der Waals surface area contributed by atoms with Gasteiger partial charge in [-0.1, -0.05) is 11.3 Å². The van der Waals surface area contributed by atoms with Crippen LogP contribution in [0.3, 0.4) is 0 Å². The second kappa shape index (κ2) is 5.54. The number of thioether (sulfide) groups is 1. The molecule has 0 aromatic carbocycles. The fraction of sp³-hybridized carbons (Fsp3) is 0.600. The molecule has 1 saturated heterocycles. The predicted molar refractivity (Wildman–Crippen MR) is 67.4 cm³/mol. The van der Waals surface area contributed by atoms with Crippen molar-refractivity contribution in [1.29, 1.82) is 0 Å². The van der Waals surface area contributed by atoms with Gasteiger partial charge >= 0.3 is 5.97 Å². The van der Waals surface area contributed by atoms with Crippen molar-refractivity contribution in [3.8, 4) is 0 Å². The number of anilines is 1. The molecule has 1 unspecified atom stereocenters. The van der Waals surface area contributed by atoms with E-state index < -0.39 is 0 Å². The zero-order chi connectivity index (χ0) is 11.4. The van der Waals surface area contributed by atoms with E-state index in [0.717, 1.165) is 17.6 Å². The molecule has 1 aliphatic heterocycles. The molecule has 1 N–H and O–H groups in total. The summed E-state index contributed by atoms with van der Waals surface area (Å²) in [6.45, 7) is 0.946. The van der Waals surface area contributed by atoms with E-state index in [1.165, 1.54) is 36.4 Å². The van der Waals surface area contributed by atoms with E-state index >= 15 is 0 Å². The maximum atomic E-state index is 11.2. The summed E-state index contributed by atoms with van der Waals surface area (Å²) in [7, 11) is 1.38. The van der Waals surface area contributed by atoms with Crippen molar-refractivity contribution < 1.29 is 9.53 Å². The summed E-state index contributed by atoms with van der Waals surface area (Å²) in [5.41, 5.74) is 0. The Bertz CT molecular complexity index is 361. The van der Waals surface area contributed by atoms with Gasteiger partial charge in [0.25, 0.3) is 0 Å². The normalized spacial score (nSPS) is 19.7. The van der Waals surface area contributed by atoms with Gasteiger partial charge in [0.15, 0.2) is 5.13 Å². The van der Waals surface area contributed by atoms with Crippen LogP contribution in [0, 0.1) is 5.92 Å². The van der Waals surface area contributed by atoms with Gasteiger partial charge in [-0.3, -0.25) is 0 Å². The molecular formula is C10H14N2O2S2. The Morgan fingerprint density at radius 2 is 2.62 bits per heavy atom. The summed E-state index contributed by atoms with van der Waals surface area (Å²) >= 11 is 3.35. The third kappa shape index (κ3) is 2.89. The summed E-state index contributed by atoms with van der Waals surface area (Å²) in [6, 6.07) is 0. The van der Waals surface area contributed by atoms with Gasteiger partial charge in [0.2, 0.25) is 0 Å². The highest BCUT2D eigenvalue weighted by molar-refractivity contribution is 7.99. The SMILES string of the molecule is COC(=O)c1cnc(NCC2CCSC2)s1. The number of ether oxygens (including phenoxy) is 1. The first kappa shape index (κ1) is 11.7. The number of carbonyl (C=O) groups is 1. The molecule has 0 spiro atoms. The Morgan fingerprint density at radius 3 is 3.31 bits per heavy atom. The number of nitrogens with one attached hydrogen (secondary N) is 1. The van der Waals surface area contributed by atoms with Crippen LogP contribution in [0.25, 0.3) is 0 Å². The number of thiazole rings is 1. The first-order chi connectivity index (χ1) is 7.79. The zero-order valence-corrected chi connectivity index (χ0v) is 10.7. The van der Waals surface area contributed by atoms with Crippen LogP contribution >= 0.6 is 23.1 Å². The van der Waals surface area contributed by atoms with Crippen LogP contribution in [0.4, 0.5) is 5.13 Å². The number of methoxy groups -OCH3 is 1. The summed E-state index contributed by atoms with van der Waals surface area (Å²) in [5, 5.41) is 4.08. The van der Waals surface area contributed by atoms with Gasteiger partial charge in [0, 0.05) is 6.54 Å². The molecule has 1 atom stereocenters. The molecule has 1 aliphatic rings. The number of aromatic nitrogens is 1. The third-order valence-corrected chi connectivity index (χ3v) is 4.62. The van der Waals surface area contributed by atoms with Gasteiger partial charge < -0.3 is 10.1 Å². The van der Waals surface area contributed by atoms with Crippen molar-refractivity contribution in [2.24, 2.45) is 5.92 Å². The van der Waals surface area contributed by atoms with Crippen molar-refractivity contribution in [2.45, 2.75) is 6.42 Å². The molecule has 1 fully saturated rings. The van der Waals surface area contributed by atoms with Crippen molar-refractivity contribution >= 4 is 34.2 Å². The molecule has 0 aliphatic carbocycles. The van der Waals surface area contributed by atoms with E-state index in [1.54, 1.807) is 6.20 Å². The second-order valence-corrected chi connectivity index (χ2v) is 5.81. The Kier molecular flexibility index (Phi) is 4.06. The van der Waals surface area contributed by atoms with Crippen LogP contribution in [0.15, 0.2) is 6.20 Å². The fourth-order valence-electron chi connectivity index (χ4n) is 1.53. The Labute approximate surface area is 103 Å². The monoisotopic (exact) mass is 258 g/mol. The molecule has 88 valence electrons. The minimum Gasteiger partial charge on any atom is -0.465 e. The lowest BCUT2D eigenvalue weighted by molar-refractivity contribution is 0.0606. The Balaban J connectivity index is 1.85. The molecule has 0 radical (unpaired) electrons. The predicted octanol–water partition coefficient (Wildman–Crippen LogP) is 2.09. The molecule has 1 aromatic heterocycles. The van der Waals surface area contributed by atoms with Crippen LogP contribution in [0.2, 0.25) is 0 Å². The average molecular weight is 258 g/mol. The van der Waals surface area contributed by atoms with Crippen molar-refractivity contribution in [2.75, 3.05) is 30.5 Å². The number of nitrogens with zero attached hydrogens (tertiary/aromatic N) is 1. The lowest BCUT2D eigenvalue weighted by atomic mass is 10.1. The summed E-state index contributed by atoms with van der Waals surface area (Å²) in [4.78, 5) is 15.9. The van der Waals surface area contributed by atoms with Gasteiger partial charge in [-0.05, 0) is 23.8 Å². The summed E-state index contributed by atoms with van der Waals surface area (Å²) < 4.78 is 4.63. The van der Waals surface area contributed by atoms with Crippen molar-refractivity contribution in [1.82, 2.24) is 4.98 Å². The quantitative estimate of drug-likeness (QED) is 0.838. The lowest BCUT2D eigenvalue weighted by Crippen LogP contribution is -2.13. The first-order valence-electron chi connectivity index (χ1n) is 5.15. The molecule has 1 aromatic rings. The molecule has 6 heteroatoms. The zero-order valence-electron chi connectivity index (χ0n) is 9.06. The van der Waals surface area contributed by atoms with E-state index in [1.807, 2.05) is 11.8 Å². The number of hydrogen-bond donors (Lipinski definition) is 1. The average Bonchev–Trinajstić information content (AvgIpc) is 2.96. The summed E-state index contributed by atoms with van der Waals surface area (Å²) in [6.07, 6.45) is 2.83. The van der Waals surface area contributed by atoms with E-state index in [4.69, 9.17) is 0 Å². The standard InChI is InChI=1S/C10H14N2O2S2/c1-14-9(13)8-5-12-10(16-8)11-4-7-2-3-15-6-7/h5,7H,2-4,6H2,1H3,(H,11,12). The number of carbonyl (C=O) groups excluding carboxylic acids is 1. The highest BCUT2D eigenvalue weighted by Gasteiger charge is 2.16. The van der Waals surface area contributed by atoms with Gasteiger partial charge in [-0.25, -0.2) is 9.78 Å². The summed E-state index contributed by atoms with van der Waals surface area (Å²) in [5.74, 6) is 2.90. The van der Waals surface area contributed by atoms with E-state index in [-0.39, 0.29) is 5.97 Å². The minimum absolute atomic E-state index is 0.318. The highest BCUT2D eigenvalue weighted by atomic mass is 32.2. The molecule has 0 bridgehead atoms. The van der Waals surface area contributed by atoms with Gasteiger partial charge in [0.1, 0.15) is 4.88 Å². The largest absolute Gasteiger partial charge is 0.465 e. The second-order valence-electron chi connectivity index (χ2n) is 3.63. The molecule has 4 nitrogen and oxygen atoms in total. The van der Waals surface area contributed by atoms with Crippen LogP contribution in [-0.2, 0) is 4.74 Å². The van der Waals surface area contributed by atoms with E-state index in [2.05, 4.69) is 15.0 Å². The Morgan fingerprint density at radius 1 is 1.75 bits per heavy atom. The van der Waals surface area contributed by atoms with Crippen LogP contribution in [0.1, 0.15) is 16.1 Å². The number of esters is 1. The molecule has 2 heterocycles. The highest BCUT2D eigenvalue weighted by Crippen LogP contribution is 2.25. The fourth-order valence-corrected chi connectivity index (χ4v) is 3.55. The van der Waals surface area contributed by atoms with E-state index in [0.29, 0.717) is 4.88 Å². The number of hydrogen-bond acceptors (Lipinski definition) is 6. The first-order valence-corrected chi connectivity index (χ1v) is 7.12. The molecule has 0 amide bonds. The Hall–Kier alpha value is -0.750. The molecule has 16 heavy (non-hydrogen) atoms. The van der Waals surface area contributed by atoms with Crippen molar-refractivity contribution in [3.05, 3.63) is 11.1 Å². The number of rotatable bonds is 4. The lowest BCUT2D eigenvalue weighted by Gasteiger charge is -2.07. The minimum atomic E-state index is -0.318. The van der Waals surface area contributed by atoms with Gasteiger partial charge in [0.05, 0.1) is 13.3 Å². The van der Waals surface area contributed by atoms with Crippen LogP contribution in [-0.4, -0.2) is 36.1 Å². The van der Waals surface area contributed by atoms with Crippen LogP contribution in [0.5, 0.6) is 0 Å². The smallest absolute Gasteiger partial charge is 0.349 e. The molecule has 0 saturated carbocycles. The van der Waals surface area contributed by atoms with Gasteiger partial charge in [-0.2, -0.15) is 11.8 Å². The molecular weight excluding hydrogens is 244 g/mol. The maximum absolute atomic E-state index is 11.2.